The molecule has 1 fully saturated rings. The van der Waals surface area contributed by atoms with Gasteiger partial charge in [-0.25, -0.2) is 15.0 Å². The summed E-state index contributed by atoms with van der Waals surface area (Å²) in [5, 5.41) is 0. The van der Waals surface area contributed by atoms with Crippen LogP contribution < -0.4 is 4.90 Å². The molecule has 4 heterocycles. The van der Waals surface area contributed by atoms with Gasteiger partial charge in [0.1, 0.15) is 11.6 Å². The highest BCUT2D eigenvalue weighted by Crippen LogP contribution is 2.33. The zero-order valence-electron chi connectivity index (χ0n) is 23.3. The number of fused-ring (bicyclic) bond motifs is 1. The molecule has 1 saturated heterocycles. The fourth-order valence-electron chi connectivity index (χ4n) is 5.83. The van der Waals surface area contributed by atoms with Gasteiger partial charge in [0.05, 0.1) is 18.7 Å². The van der Waals surface area contributed by atoms with Gasteiger partial charge in [-0.05, 0) is 50.0 Å². The summed E-state index contributed by atoms with van der Waals surface area (Å²) < 4.78 is 2.14. The molecule has 7 nitrogen and oxygen atoms in total. The van der Waals surface area contributed by atoms with Crippen molar-refractivity contribution in [3.8, 4) is 22.8 Å². The molecule has 6 rings (SSSR count). The number of carbonyl (C=O) groups is 1. The number of rotatable bonds is 6. The van der Waals surface area contributed by atoms with E-state index in [1.54, 1.807) is 4.90 Å². The topological polar surface area (TPSA) is 67.2 Å². The highest BCUT2D eigenvalue weighted by atomic mass is 16.2. The summed E-state index contributed by atoms with van der Waals surface area (Å²) in [6.45, 7) is 7.08. The van der Waals surface area contributed by atoms with Crippen molar-refractivity contribution in [2.75, 3.05) is 25.0 Å². The monoisotopic (exact) mass is 520 g/mol. The molecule has 0 N–H and O–H groups in total. The molecule has 0 radical (unpaired) electrons. The molecule has 39 heavy (non-hydrogen) atoms. The Morgan fingerprint density at radius 2 is 1.72 bits per heavy atom. The molecular formula is C32H36N6O. The normalized spacial score (nSPS) is 16.3. The van der Waals surface area contributed by atoms with E-state index in [9.17, 15) is 4.79 Å². The largest absolute Gasteiger partial charge is 0.334 e. The minimum atomic E-state index is 0.0598. The molecule has 2 aromatic heterocycles. The molecule has 0 unspecified atom stereocenters. The molecule has 1 amide bonds. The van der Waals surface area contributed by atoms with Gasteiger partial charge in [-0.1, -0.05) is 62.4 Å². The molecule has 0 saturated carbocycles. The molecule has 0 atom stereocenters. The standard InChI is InChI=1S/C32H36N6O/c1-21(2)26-7-5-6-8-27(26)30-33-18-25-17-29(39)38(32(25)35-30)19-22-9-11-24(12-10-22)31-34-28(20-37(31)4)23-13-15-36(3)16-14-23/h5-12,18,20-21,23H,13-17,19H2,1-4H3. The van der Waals surface area contributed by atoms with E-state index < -0.39 is 0 Å². The Morgan fingerprint density at radius 1 is 0.974 bits per heavy atom. The highest BCUT2D eigenvalue weighted by molar-refractivity contribution is 6.00. The first-order valence-corrected chi connectivity index (χ1v) is 13.9. The van der Waals surface area contributed by atoms with Gasteiger partial charge in [0.25, 0.3) is 0 Å². The number of hydrogen-bond donors (Lipinski definition) is 0. The average Bonchev–Trinajstić information content (AvgIpc) is 3.48. The lowest BCUT2D eigenvalue weighted by Crippen LogP contribution is -2.29. The first kappa shape index (κ1) is 25.4. The minimum absolute atomic E-state index is 0.0598. The fraction of sp³-hybridized carbons (Fsp3) is 0.375. The Bertz CT molecular complexity index is 1500. The van der Waals surface area contributed by atoms with Crippen molar-refractivity contribution < 1.29 is 4.79 Å². The minimum Gasteiger partial charge on any atom is -0.334 e. The zero-order valence-corrected chi connectivity index (χ0v) is 23.3. The van der Waals surface area contributed by atoms with E-state index in [-0.39, 0.29) is 5.91 Å². The molecule has 2 aliphatic heterocycles. The zero-order chi connectivity index (χ0) is 27.1. The lowest BCUT2D eigenvalue weighted by Gasteiger charge is -2.27. The Balaban J connectivity index is 1.22. The van der Waals surface area contributed by atoms with Crippen molar-refractivity contribution >= 4 is 11.7 Å². The van der Waals surface area contributed by atoms with Crippen molar-refractivity contribution in [3.63, 3.8) is 0 Å². The number of piperidine rings is 1. The third kappa shape index (κ3) is 4.99. The molecule has 0 aliphatic carbocycles. The summed E-state index contributed by atoms with van der Waals surface area (Å²) in [4.78, 5) is 31.7. The van der Waals surface area contributed by atoms with Crippen LogP contribution in [-0.4, -0.2) is 50.5 Å². The smallest absolute Gasteiger partial charge is 0.233 e. The predicted octanol–water partition coefficient (Wildman–Crippen LogP) is 5.57. The van der Waals surface area contributed by atoms with E-state index in [0.717, 1.165) is 59.8 Å². The quantitative estimate of drug-likeness (QED) is 0.333. The van der Waals surface area contributed by atoms with Crippen LogP contribution in [0.3, 0.4) is 0 Å². The number of amides is 1. The summed E-state index contributed by atoms with van der Waals surface area (Å²) in [7, 11) is 4.26. The summed E-state index contributed by atoms with van der Waals surface area (Å²) in [5.74, 6) is 3.32. The predicted molar refractivity (Wildman–Crippen MR) is 155 cm³/mol. The molecular weight excluding hydrogens is 484 g/mol. The number of anilines is 1. The third-order valence-corrected chi connectivity index (χ3v) is 8.15. The van der Waals surface area contributed by atoms with Crippen LogP contribution in [0, 0.1) is 0 Å². The average molecular weight is 521 g/mol. The lowest BCUT2D eigenvalue weighted by molar-refractivity contribution is -0.117. The SMILES string of the molecule is CC(C)c1ccccc1-c1ncc2c(n1)N(Cc1ccc(-c3nc(C4CCN(C)CC4)cn3C)cc1)C(=O)C2. The molecule has 2 aromatic carbocycles. The second-order valence-electron chi connectivity index (χ2n) is 11.3. The third-order valence-electron chi connectivity index (χ3n) is 8.15. The van der Waals surface area contributed by atoms with Crippen molar-refractivity contribution in [3.05, 3.63) is 83.3 Å². The van der Waals surface area contributed by atoms with E-state index in [2.05, 4.69) is 85.0 Å². The molecule has 4 aromatic rings. The number of hydrogen-bond acceptors (Lipinski definition) is 5. The Morgan fingerprint density at radius 3 is 2.46 bits per heavy atom. The van der Waals surface area contributed by atoms with Crippen LogP contribution in [0.4, 0.5) is 5.82 Å². The fourth-order valence-corrected chi connectivity index (χ4v) is 5.83. The summed E-state index contributed by atoms with van der Waals surface area (Å²) in [6, 6.07) is 16.7. The van der Waals surface area contributed by atoms with Crippen LogP contribution in [0.2, 0.25) is 0 Å². The van der Waals surface area contributed by atoms with Crippen LogP contribution in [-0.2, 0) is 24.8 Å². The maximum Gasteiger partial charge on any atom is 0.233 e. The molecule has 200 valence electrons. The first-order chi connectivity index (χ1) is 18.9. The van der Waals surface area contributed by atoms with Crippen molar-refractivity contribution in [1.29, 1.82) is 0 Å². The number of aryl methyl sites for hydroxylation is 1. The van der Waals surface area contributed by atoms with Crippen molar-refractivity contribution in [2.24, 2.45) is 7.05 Å². The van der Waals surface area contributed by atoms with Crippen molar-refractivity contribution in [2.45, 2.75) is 51.5 Å². The van der Waals surface area contributed by atoms with Crippen LogP contribution >= 0.6 is 0 Å². The number of benzene rings is 2. The van der Waals surface area contributed by atoms with Crippen LogP contribution in [0.15, 0.2) is 60.9 Å². The number of nitrogens with zero attached hydrogens (tertiary/aromatic N) is 6. The van der Waals surface area contributed by atoms with Gasteiger partial charge >= 0.3 is 0 Å². The number of likely N-dealkylation sites (tertiary alicyclic amines) is 1. The second-order valence-corrected chi connectivity index (χ2v) is 11.3. The Hall–Kier alpha value is -3.84. The van der Waals surface area contributed by atoms with Gasteiger partial charge in [-0.3, -0.25) is 9.69 Å². The van der Waals surface area contributed by atoms with Crippen molar-refractivity contribution in [1.82, 2.24) is 24.4 Å². The van der Waals surface area contributed by atoms with Gasteiger partial charge in [0, 0.05) is 42.0 Å². The Kier molecular flexibility index (Phi) is 6.77. The van der Waals surface area contributed by atoms with Crippen LogP contribution in [0.25, 0.3) is 22.8 Å². The number of imidazole rings is 1. The summed E-state index contributed by atoms with van der Waals surface area (Å²) >= 11 is 0. The van der Waals surface area contributed by atoms with E-state index >= 15 is 0 Å². The lowest BCUT2D eigenvalue weighted by atomic mass is 9.94. The van der Waals surface area contributed by atoms with Gasteiger partial charge in [0.2, 0.25) is 5.91 Å². The molecule has 0 spiro atoms. The van der Waals surface area contributed by atoms with Gasteiger partial charge in [0.15, 0.2) is 5.82 Å². The maximum atomic E-state index is 13.0. The summed E-state index contributed by atoms with van der Waals surface area (Å²) in [6.07, 6.45) is 6.66. The van der Waals surface area contributed by atoms with E-state index in [4.69, 9.17) is 9.97 Å². The number of aromatic nitrogens is 4. The molecule has 0 bridgehead atoms. The van der Waals surface area contributed by atoms with E-state index in [1.807, 2.05) is 18.3 Å². The first-order valence-electron chi connectivity index (χ1n) is 13.9. The van der Waals surface area contributed by atoms with Crippen LogP contribution in [0.5, 0.6) is 0 Å². The van der Waals surface area contributed by atoms with Gasteiger partial charge in [-0.15, -0.1) is 0 Å². The highest BCUT2D eigenvalue weighted by Gasteiger charge is 2.30. The summed E-state index contributed by atoms with van der Waals surface area (Å²) in [5.41, 5.74) is 6.46. The van der Waals surface area contributed by atoms with Gasteiger partial charge in [-0.2, -0.15) is 0 Å². The van der Waals surface area contributed by atoms with Crippen LogP contribution in [0.1, 0.15) is 60.9 Å². The maximum absolute atomic E-state index is 13.0. The van der Waals surface area contributed by atoms with E-state index in [0.29, 0.717) is 30.6 Å². The second kappa shape index (κ2) is 10.4. The van der Waals surface area contributed by atoms with Gasteiger partial charge < -0.3 is 9.47 Å². The molecule has 2 aliphatic rings. The van der Waals surface area contributed by atoms with E-state index in [1.165, 1.54) is 11.3 Å². The Labute approximate surface area is 230 Å². The number of carbonyl (C=O) groups excluding carboxylic acids is 1. The molecule has 7 heteroatoms.